The van der Waals surface area contributed by atoms with Crippen LogP contribution in [0.15, 0.2) is 30.3 Å². The fourth-order valence-electron chi connectivity index (χ4n) is 1.51. The van der Waals surface area contributed by atoms with E-state index in [1.807, 2.05) is 30.3 Å². The molecular weight excluding hydrogens is 178 g/mol. The van der Waals surface area contributed by atoms with E-state index < -0.39 is 6.23 Å². The van der Waals surface area contributed by atoms with Crippen LogP contribution in [-0.4, -0.2) is 24.5 Å². The van der Waals surface area contributed by atoms with Crippen LogP contribution >= 0.6 is 0 Å². The van der Waals surface area contributed by atoms with E-state index in [1.54, 1.807) is 0 Å². The van der Waals surface area contributed by atoms with Gasteiger partial charge in [0.15, 0.2) is 0 Å². The maximum Gasteiger partial charge on any atom is 0.133 e. The summed E-state index contributed by atoms with van der Waals surface area (Å²) in [6.45, 7) is 1.86. The summed E-state index contributed by atoms with van der Waals surface area (Å²) in [6, 6.07) is 9.55. The van der Waals surface area contributed by atoms with Gasteiger partial charge in [-0.05, 0) is 5.56 Å². The Bertz CT molecular complexity index is 272. The van der Waals surface area contributed by atoms with Crippen molar-refractivity contribution in [1.82, 2.24) is 16.0 Å². The molecule has 1 aliphatic heterocycles. The van der Waals surface area contributed by atoms with Crippen LogP contribution < -0.4 is 16.0 Å². The van der Waals surface area contributed by atoms with E-state index >= 15 is 0 Å². The van der Waals surface area contributed by atoms with Gasteiger partial charge in [-0.15, -0.1) is 0 Å². The van der Waals surface area contributed by atoms with Crippen molar-refractivity contribution >= 4 is 0 Å². The van der Waals surface area contributed by atoms with Crippen LogP contribution in [0.5, 0.6) is 0 Å². The number of rotatable bonds is 3. The van der Waals surface area contributed by atoms with Gasteiger partial charge in [-0.1, -0.05) is 30.3 Å². The van der Waals surface area contributed by atoms with Crippen LogP contribution in [0, 0.1) is 0 Å². The van der Waals surface area contributed by atoms with E-state index in [0.29, 0.717) is 0 Å². The maximum atomic E-state index is 9.79. The second-order valence-electron chi connectivity index (χ2n) is 3.32. The van der Waals surface area contributed by atoms with Crippen molar-refractivity contribution in [3.05, 3.63) is 35.9 Å². The number of hydrogen-bond donors (Lipinski definition) is 4. The van der Waals surface area contributed by atoms with Gasteiger partial charge in [-0.25, -0.2) is 0 Å². The number of hydrogen-bond acceptors (Lipinski definition) is 4. The molecule has 76 valence electrons. The first-order valence-electron chi connectivity index (χ1n) is 4.82. The molecule has 1 aliphatic rings. The largest absolute Gasteiger partial charge is 0.374 e. The SMILES string of the molecule is OC(NC1NCCN1)c1ccccc1. The van der Waals surface area contributed by atoms with Crippen molar-refractivity contribution in [2.75, 3.05) is 13.1 Å². The zero-order valence-electron chi connectivity index (χ0n) is 7.90. The van der Waals surface area contributed by atoms with Gasteiger partial charge in [0.05, 0.1) is 0 Å². The third-order valence-electron chi connectivity index (χ3n) is 2.26. The van der Waals surface area contributed by atoms with Crippen LogP contribution in [0.4, 0.5) is 0 Å². The smallest absolute Gasteiger partial charge is 0.133 e. The Kier molecular flexibility index (Phi) is 3.10. The lowest BCUT2D eigenvalue weighted by molar-refractivity contribution is 0.115. The molecule has 1 heterocycles. The standard InChI is InChI=1S/C10H15N3O/c14-9(8-4-2-1-3-5-8)13-10-11-6-7-12-10/h1-5,9-14H,6-7H2. The molecular formula is C10H15N3O. The molecule has 14 heavy (non-hydrogen) atoms. The molecule has 4 heteroatoms. The highest BCUT2D eigenvalue weighted by atomic mass is 16.3. The van der Waals surface area contributed by atoms with Gasteiger partial charge in [0.1, 0.15) is 12.5 Å². The Hall–Kier alpha value is -0.940. The minimum Gasteiger partial charge on any atom is -0.374 e. The van der Waals surface area contributed by atoms with Gasteiger partial charge in [0.25, 0.3) is 0 Å². The Morgan fingerprint density at radius 2 is 1.86 bits per heavy atom. The molecule has 2 rings (SSSR count). The molecule has 0 aliphatic carbocycles. The van der Waals surface area contributed by atoms with Gasteiger partial charge >= 0.3 is 0 Å². The highest BCUT2D eigenvalue weighted by Crippen LogP contribution is 2.08. The third-order valence-corrected chi connectivity index (χ3v) is 2.26. The molecule has 0 radical (unpaired) electrons. The Labute approximate surface area is 83.3 Å². The first kappa shape index (κ1) is 9.61. The Morgan fingerprint density at radius 1 is 1.21 bits per heavy atom. The molecule has 1 saturated heterocycles. The predicted molar refractivity (Wildman–Crippen MR) is 54.3 cm³/mol. The summed E-state index contributed by atoms with van der Waals surface area (Å²) in [5.74, 6) is 0. The van der Waals surface area contributed by atoms with Crippen molar-refractivity contribution in [2.45, 2.75) is 12.5 Å². The monoisotopic (exact) mass is 193 g/mol. The lowest BCUT2D eigenvalue weighted by Gasteiger charge is -2.18. The summed E-state index contributed by atoms with van der Waals surface area (Å²) in [6.07, 6.45) is -0.621. The number of nitrogens with one attached hydrogen (secondary N) is 3. The zero-order chi connectivity index (χ0) is 9.80. The van der Waals surface area contributed by atoms with Crippen molar-refractivity contribution < 1.29 is 5.11 Å². The highest BCUT2D eigenvalue weighted by molar-refractivity contribution is 5.16. The average Bonchev–Trinajstić information content (AvgIpc) is 2.72. The maximum absolute atomic E-state index is 9.79. The summed E-state index contributed by atoms with van der Waals surface area (Å²) in [5, 5.41) is 19.2. The van der Waals surface area contributed by atoms with Crippen LogP contribution in [0.25, 0.3) is 0 Å². The molecule has 1 aromatic rings. The number of aliphatic hydroxyl groups is 1. The molecule has 0 saturated carbocycles. The van der Waals surface area contributed by atoms with Gasteiger partial charge in [-0.2, -0.15) is 0 Å². The van der Waals surface area contributed by atoms with Crippen LogP contribution in [0.2, 0.25) is 0 Å². The first-order valence-corrected chi connectivity index (χ1v) is 4.82. The van der Waals surface area contributed by atoms with Crippen LogP contribution in [0.1, 0.15) is 11.8 Å². The molecule has 1 aromatic carbocycles. The molecule has 1 fully saturated rings. The van der Waals surface area contributed by atoms with Crippen LogP contribution in [0.3, 0.4) is 0 Å². The highest BCUT2D eigenvalue weighted by Gasteiger charge is 2.16. The van der Waals surface area contributed by atoms with E-state index in [0.717, 1.165) is 18.7 Å². The summed E-state index contributed by atoms with van der Waals surface area (Å²) < 4.78 is 0. The fraction of sp³-hybridized carbons (Fsp3) is 0.400. The van der Waals surface area contributed by atoms with Gasteiger partial charge in [0, 0.05) is 13.1 Å². The van der Waals surface area contributed by atoms with Gasteiger partial charge in [-0.3, -0.25) is 16.0 Å². The minimum absolute atomic E-state index is 0.00482. The van der Waals surface area contributed by atoms with E-state index in [1.165, 1.54) is 0 Å². The average molecular weight is 193 g/mol. The summed E-state index contributed by atoms with van der Waals surface area (Å²) in [4.78, 5) is 0. The number of benzene rings is 1. The zero-order valence-corrected chi connectivity index (χ0v) is 7.90. The quantitative estimate of drug-likeness (QED) is 0.500. The van der Waals surface area contributed by atoms with Crippen LogP contribution in [-0.2, 0) is 0 Å². The summed E-state index contributed by atoms with van der Waals surface area (Å²) in [5.41, 5.74) is 0.878. The summed E-state index contributed by atoms with van der Waals surface area (Å²) >= 11 is 0. The normalized spacial score (nSPS) is 19.8. The second kappa shape index (κ2) is 4.52. The van der Waals surface area contributed by atoms with E-state index in [-0.39, 0.29) is 6.29 Å². The summed E-state index contributed by atoms with van der Waals surface area (Å²) in [7, 11) is 0. The molecule has 1 atom stereocenters. The van der Waals surface area contributed by atoms with Crippen molar-refractivity contribution in [3.63, 3.8) is 0 Å². The minimum atomic E-state index is -0.626. The third kappa shape index (κ3) is 2.30. The van der Waals surface area contributed by atoms with Gasteiger partial charge in [0.2, 0.25) is 0 Å². The van der Waals surface area contributed by atoms with E-state index in [2.05, 4.69) is 16.0 Å². The Balaban J connectivity index is 1.92. The molecule has 1 unspecified atom stereocenters. The van der Waals surface area contributed by atoms with Crippen molar-refractivity contribution in [2.24, 2.45) is 0 Å². The Morgan fingerprint density at radius 3 is 2.50 bits per heavy atom. The molecule has 0 bridgehead atoms. The predicted octanol–water partition coefficient (Wildman–Crippen LogP) is -0.256. The molecule has 4 nitrogen and oxygen atoms in total. The second-order valence-corrected chi connectivity index (χ2v) is 3.32. The molecule has 0 aromatic heterocycles. The topological polar surface area (TPSA) is 56.3 Å². The van der Waals surface area contributed by atoms with Crippen molar-refractivity contribution in [3.8, 4) is 0 Å². The van der Waals surface area contributed by atoms with E-state index in [9.17, 15) is 5.11 Å². The van der Waals surface area contributed by atoms with Gasteiger partial charge < -0.3 is 5.11 Å². The van der Waals surface area contributed by atoms with E-state index in [4.69, 9.17) is 0 Å². The number of aliphatic hydroxyl groups excluding tert-OH is 1. The fourth-order valence-corrected chi connectivity index (χ4v) is 1.51. The first-order chi connectivity index (χ1) is 6.86. The molecule has 0 amide bonds. The molecule has 0 spiro atoms. The lowest BCUT2D eigenvalue weighted by Crippen LogP contribution is -2.46. The van der Waals surface area contributed by atoms with Crippen molar-refractivity contribution in [1.29, 1.82) is 0 Å². The molecule has 4 N–H and O–H groups in total. The lowest BCUT2D eigenvalue weighted by atomic mass is 10.2.